The summed E-state index contributed by atoms with van der Waals surface area (Å²) in [4.78, 5) is 9.92. The third-order valence-electron chi connectivity index (χ3n) is 2.44. The van der Waals surface area contributed by atoms with Gasteiger partial charge in [-0.15, -0.1) is 11.8 Å². The van der Waals surface area contributed by atoms with Crippen LogP contribution in [0.1, 0.15) is 19.2 Å². The van der Waals surface area contributed by atoms with E-state index in [0.29, 0.717) is 0 Å². The Morgan fingerprint density at radius 3 is 2.74 bits per heavy atom. The summed E-state index contributed by atoms with van der Waals surface area (Å²) in [5.41, 5.74) is 0. The number of hydrogen-bond donors (Lipinski definition) is 1. The molecule has 0 aliphatic carbocycles. The number of nitrogens with zero attached hydrogens (tertiary/aromatic N) is 2. The van der Waals surface area contributed by atoms with E-state index >= 15 is 0 Å². The van der Waals surface area contributed by atoms with Crippen LogP contribution in [0.3, 0.4) is 0 Å². The zero-order chi connectivity index (χ0) is 13.5. The van der Waals surface area contributed by atoms with Crippen molar-refractivity contribution in [2.24, 2.45) is 0 Å². The maximum atomic E-state index is 5.86. The third kappa shape index (κ3) is 4.73. The van der Waals surface area contributed by atoms with E-state index in [9.17, 15) is 0 Å². The molecule has 3 nitrogen and oxygen atoms in total. The molecule has 0 atom stereocenters. The van der Waals surface area contributed by atoms with E-state index in [1.54, 1.807) is 18.0 Å². The van der Waals surface area contributed by atoms with Crippen molar-refractivity contribution < 1.29 is 0 Å². The van der Waals surface area contributed by atoms with Crippen molar-refractivity contribution in [3.63, 3.8) is 0 Å². The normalized spacial score (nSPS) is 10.4. The second-order valence-electron chi connectivity index (χ2n) is 4.03. The molecule has 1 heterocycles. The first-order valence-electron chi connectivity index (χ1n) is 6.22. The number of anilines is 1. The minimum Gasteiger partial charge on any atom is -0.370 e. The number of hydrogen-bond acceptors (Lipinski definition) is 4. The second-order valence-corrected chi connectivity index (χ2v) is 5.51. The first-order chi connectivity index (χ1) is 9.28. The van der Waals surface area contributed by atoms with E-state index in [0.717, 1.165) is 35.4 Å². The lowest BCUT2D eigenvalue weighted by molar-refractivity contribution is 0.951. The number of halogens is 1. The summed E-state index contributed by atoms with van der Waals surface area (Å²) in [5.74, 6) is 2.48. The van der Waals surface area contributed by atoms with Gasteiger partial charge in [-0.05, 0) is 36.8 Å². The van der Waals surface area contributed by atoms with Crippen molar-refractivity contribution in [2.45, 2.75) is 24.0 Å². The lowest BCUT2D eigenvalue weighted by atomic mass is 10.4. The maximum Gasteiger partial charge on any atom is 0.140 e. The fourth-order valence-corrected chi connectivity index (χ4v) is 2.39. The minimum absolute atomic E-state index is 0.753. The van der Waals surface area contributed by atoms with Crippen LogP contribution in [0.2, 0.25) is 5.02 Å². The summed E-state index contributed by atoms with van der Waals surface area (Å²) < 4.78 is 0. The van der Waals surface area contributed by atoms with Gasteiger partial charge in [0, 0.05) is 22.7 Å². The average Bonchev–Trinajstić information content (AvgIpc) is 2.45. The topological polar surface area (TPSA) is 37.8 Å². The van der Waals surface area contributed by atoms with Crippen LogP contribution in [0.15, 0.2) is 41.4 Å². The number of rotatable bonds is 6. The van der Waals surface area contributed by atoms with E-state index in [4.69, 9.17) is 11.6 Å². The Balaban J connectivity index is 1.93. The van der Waals surface area contributed by atoms with Crippen LogP contribution in [0.5, 0.6) is 0 Å². The molecule has 5 heteroatoms. The van der Waals surface area contributed by atoms with E-state index in [2.05, 4.69) is 22.2 Å². The molecule has 0 saturated carbocycles. The Hall–Kier alpha value is -1.26. The quantitative estimate of drug-likeness (QED) is 0.808. The fourth-order valence-electron chi connectivity index (χ4n) is 1.50. The Morgan fingerprint density at radius 1 is 1.21 bits per heavy atom. The maximum absolute atomic E-state index is 5.86. The minimum atomic E-state index is 0.753. The molecule has 0 fully saturated rings. The van der Waals surface area contributed by atoms with Crippen LogP contribution >= 0.6 is 23.4 Å². The van der Waals surface area contributed by atoms with Gasteiger partial charge in [-0.2, -0.15) is 0 Å². The van der Waals surface area contributed by atoms with Crippen molar-refractivity contribution in [2.75, 3.05) is 11.9 Å². The van der Waals surface area contributed by atoms with E-state index < -0.39 is 0 Å². The molecule has 1 N–H and O–H groups in total. The second kappa shape index (κ2) is 7.36. The number of thioether (sulfide) groups is 1. The molecule has 0 aliphatic rings. The van der Waals surface area contributed by atoms with Gasteiger partial charge < -0.3 is 5.32 Å². The van der Waals surface area contributed by atoms with Crippen LogP contribution in [0, 0.1) is 0 Å². The predicted octanol–water partition coefficient (Wildman–Crippen LogP) is 4.24. The van der Waals surface area contributed by atoms with Crippen LogP contribution < -0.4 is 5.32 Å². The van der Waals surface area contributed by atoms with Gasteiger partial charge in [0.05, 0.1) is 5.75 Å². The van der Waals surface area contributed by atoms with Gasteiger partial charge in [-0.3, -0.25) is 0 Å². The van der Waals surface area contributed by atoms with Crippen molar-refractivity contribution in [3.05, 3.63) is 47.4 Å². The van der Waals surface area contributed by atoms with Gasteiger partial charge in [0.15, 0.2) is 0 Å². The summed E-state index contributed by atoms with van der Waals surface area (Å²) in [6, 6.07) is 9.69. The molecule has 0 radical (unpaired) electrons. The Morgan fingerprint density at radius 2 is 2.00 bits per heavy atom. The van der Waals surface area contributed by atoms with Gasteiger partial charge in [-0.1, -0.05) is 18.5 Å². The summed E-state index contributed by atoms with van der Waals surface area (Å²) >= 11 is 7.56. The van der Waals surface area contributed by atoms with Crippen LogP contribution in [-0.2, 0) is 5.75 Å². The molecule has 0 saturated heterocycles. The SMILES string of the molecule is CCCNc1ccnc(CSc2ccc(Cl)cc2)n1. The average molecular weight is 294 g/mol. The van der Waals surface area contributed by atoms with Crippen LogP contribution in [0.25, 0.3) is 0 Å². The molecule has 0 spiro atoms. The zero-order valence-electron chi connectivity index (χ0n) is 10.8. The molecule has 0 unspecified atom stereocenters. The molecule has 1 aromatic heterocycles. The highest BCUT2D eigenvalue weighted by Crippen LogP contribution is 2.23. The van der Waals surface area contributed by atoms with Crippen LogP contribution in [0.4, 0.5) is 5.82 Å². The van der Waals surface area contributed by atoms with E-state index in [-0.39, 0.29) is 0 Å². The number of benzene rings is 1. The Labute approximate surface area is 122 Å². The molecule has 0 bridgehead atoms. The smallest absolute Gasteiger partial charge is 0.140 e. The lowest BCUT2D eigenvalue weighted by Gasteiger charge is -2.05. The van der Waals surface area contributed by atoms with E-state index in [1.165, 1.54) is 4.90 Å². The van der Waals surface area contributed by atoms with Gasteiger partial charge in [0.1, 0.15) is 11.6 Å². The third-order valence-corrected chi connectivity index (χ3v) is 3.70. The standard InChI is InChI=1S/C14H16ClN3S/c1-2-8-16-13-7-9-17-14(18-13)10-19-12-5-3-11(15)4-6-12/h3-7,9H,2,8,10H2,1H3,(H,16,17,18). The monoisotopic (exact) mass is 293 g/mol. The first-order valence-corrected chi connectivity index (χ1v) is 7.58. The van der Waals surface area contributed by atoms with Gasteiger partial charge in [0.25, 0.3) is 0 Å². The molecular formula is C14H16ClN3S. The largest absolute Gasteiger partial charge is 0.370 e. The Bertz CT molecular complexity index is 516. The van der Waals surface area contributed by atoms with Crippen molar-refractivity contribution in [1.82, 2.24) is 9.97 Å². The molecule has 19 heavy (non-hydrogen) atoms. The highest BCUT2D eigenvalue weighted by molar-refractivity contribution is 7.98. The highest BCUT2D eigenvalue weighted by atomic mass is 35.5. The summed E-state index contributed by atoms with van der Waals surface area (Å²) in [5, 5.41) is 4.02. The van der Waals surface area contributed by atoms with Crippen LogP contribution in [-0.4, -0.2) is 16.5 Å². The molecule has 0 amide bonds. The summed E-state index contributed by atoms with van der Waals surface area (Å²) in [6.45, 7) is 3.06. The summed E-state index contributed by atoms with van der Waals surface area (Å²) in [6.07, 6.45) is 2.88. The van der Waals surface area contributed by atoms with Crippen molar-refractivity contribution in [3.8, 4) is 0 Å². The molecule has 2 rings (SSSR count). The summed E-state index contributed by atoms with van der Waals surface area (Å²) in [7, 11) is 0. The van der Waals surface area contributed by atoms with Crippen molar-refractivity contribution in [1.29, 1.82) is 0 Å². The molecule has 2 aromatic rings. The van der Waals surface area contributed by atoms with Gasteiger partial charge >= 0.3 is 0 Å². The Kier molecular flexibility index (Phi) is 5.48. The van der Waals surface area contributed by atoms with Gasteiger partial charge in [-0.25, -0.2) is 9.97 Å². The first kappa shape index (κ1) is 14.2. The predicted molar refractivity (Wildman–Crippen MR) is 81.8 cm³/mol. The molecular weight excluding hydrogens is 278 g/mol. The molecule has 0 aliphatic heterocycles. The number of nitrogens with one attached hydrogen (secondary N) is 1. The zero-order valence-corrected chi connectivity index (χ0v) is 12.3. The lowest BCUT2D eigenvalue weighted by Crippen LogP contribution is -2.04. The molecule has 1 aromatic carbocycles. The van der Waals surface area contributed by atoms with Gasteiger partial charge in [0.2, 0.25) is 0 Å². The van der Waals surface area contributed by atoms with Crippen molar-refractivity contribution >= 4 is 29.2 Å². The molecule has 100 valence electrons. The number of aromatic nitrogens is 2. The van der Waals surface area contributed by atoms with E-state index in [1.807, 2.05) is 30.3 Å². The highest BCUT2D eigenvalue weighted by Gasteiger charge is 2.01. The fraction of sp³-hybridized carbons (Fsp3) is 0.286.